The molecule has 6 saturated carbocycles. The maximum absolute atomic E-state index is 14.3. The predicted octanol–water partition coefficient (Wildman–Crippen LogP) is 8.72. The van der Waals surface area contributed by atoms with Gasteiger partial charge in [0.15, 0.2) is 23.1 Å². The second kappa shape index (κ2) is 10.3. The van der Waals surface area contributed by atoms with Crippen molar-refractivity contribution in [1.82, 2.24) is 0 Å². The van der Waals surface area contributed by atoms with Gasteiger partial charge < -0.3 is 4.74 Å². The number of hydrogen-bond acceptors (Lipinski definition) is 5. The highest BCUT2D eigenvalue weighted by Gasteiger charge is 2.73. The Hall–Kier alpha value is -1.88. The van der Waals surface area contributed by atoms with Gasteiger partial charge in [0.1, 0.15) is 11.2 Å². The Morgan fingerprint density at radius 3 is 1.32 bits per heavy atom. The van der Waals surface area contributed by atoms with E-state index < -0.39 is 11.2 Å². The highest BCUT2D eigenvalue weighted by Crippen LogP contribution is 2.73. The van der Waals surface area contributed by atoms with E-state index in [4.69, 9.17) is 4.74 Å². The lowest BCUT2D eigenvalue weighted by Gasteiger charge is -2.62. The lowest BCUT2D eigenvalue weighted by Crippen LogP contribution is -2.65. The van der Waals surface area contributed by atoms with Gasteiger partial charge in [-0.3, -0.25) is 19.2 Å². The molecule has 8 aliphatic rings. The van der Waals surface area contributed by atoms with Crippen LogP contribution in [0.1, 0.15) is 144 Å². The van der Waals surface area contributed by atoms with Gasteiger partial charge in [-0.25, -0.2) is 0 Å². The molecule has 0 radical (unpaired) electrons. The molecule has 0 heterocycles. The first kappa shape index (κ1) is 32.3. The summed E-state index contributed by atoms with van der Waals surface area (Å²) < 4.78 is 7.66. The average Bonchev–Trinajstić information content (AvgIpc) is 3.50. The van der Waals surface area contributed by atoms with Crippen LogP contribution in [0, 0.1) is 57.2 Å². The molecule has 0 amide bonds. The SMILES string of the molecule is CC(=O)[C@]1(O[C@@]2(C(C)=O)CCC3C4CCC5=CC(=O)CC[C@]5(C)C4CC[C@@]32C)CCC2C3CCC4=CC(=O)CC[C@]4(C)C3CC[C@@]21C. The minimum Gasteiger partial charge on any atom is -0.352 e. The summed E-state index contributed by atoms with van der Waals surface area (Å²) in [6.07, 6.45) is 18.8. The molecule has 5 nitrogen and oxygen atoms in total. The van der Waals surface area contributed by atoms with E-state index in [1.807, 2.05) is 12.2 Å². The van der Waals surface area contributed by atoms with Crippen molar-refractivity contribution in [2.75, 3.05) is 0 Å². The lowest BCUT2D eigenvalue weighted by atomic mass is 9.45. The molecule has 256 valence electrons. The molecule has 12 atom stereocenters. The molecule has 0 spiro atoms. The number of ether oxygens (including phenoxy) is 1. The van der Waals surface area contributed by atoms with Gasteiger partial charge in [-0.05, 0) is 162 Å². The second-order valence-electron chi connectivity index (χ2n) is 18.8. The third kappa shape index (κ3) is 3.99. The molecule has 0 aliphatic heterocycles. The second-order valence-corrected chi connectivity index (χ2v) is 18.8. The summed E-state index contributed by atoms with van der Waals surface area (Å²) in [6.45, 7) is 13.1. The van der Waals surface area contributed by atoms with Gasteiger partial charge in [0, 0.05) is 23.7 Å². The van der Waals surface area contributed by atoms with Crippen molar-refractivity contribution in [3.8, 4) is 0 Å². The minimum absolute atomic E-state index is 0.0865. The first-order valence-corrected chi connectivity index (χ1v) is 19.4. The Morgan fingerprint density at radius 1 is 0.553 bits per heavy atom. The summed E-state index contributed by atoms with van der Waals surface area (Å²) in [5.41, 5.74) is 0.432. The van der Waals surface area contributed by atoms with Crippen LogP contribution in [0.3, 0.4) is 0 Å². The van der Waals surface area contributed by atoms with Crippen LogP contribution in [0.5, 0.6) is 0 Å². The van der Waals surface area contributed by atoms with Crippen LogP contribution in [0.25, 0.3) is 0 Å². The van der Waals surface area contributed by atoms with Gasteiger partial charge in [-0.1, -0.05) is 38.8 Å². The zero-order chi connectivity index (χ0) is 33.4. The highest BCUT2D eigenvalue weighted by atomic mass is 16.5. The van der Waals surface area contributed by atoms with E-state index in [1.54, 1.807) is 13.8 Å². The Kier molecular flexibility index (Phi) is 7.11. The van der Waals surface area contributed by atoms with E-state index in [0.717, 1.165) is 77.0 Å². The molecule has 0 N–H and O–H groups in total. The standard InChI is InChI=1S/C42H58O5/c1-25(43)41(21-15-35-31-9-7-27-23-29(45)11-17-37(27,3)33(31)13-19-39(35,41)5)47-42(26(2)44)22-16-36-32-10-8-28-24-30(46)12-18-38(28,4)34(32)14-20-40(36,42)6/h23-24,31-36H,7-22H2,1-6H3/t31?,32?,33?,34?,35?,36?,37-,38-,39-,40-,41+,42+/m0/s1. The molecular weight excluding hydrogens is 584 g/mol. The maximum Gasteiger partial charge on any atom is 0.162 e. The zero-order valence-corrected chi connectivity index (χ0v) is 30.0. The first-order chi connectivity index (χ1) is 22.2. The number of ketones is 4. The van der Waals surface area contributed by atoms with Crippen LogP contribution >= 0.6 is 0 Å². The van der Waals surface area contributed by atoms with Crippen LogP contribution in [-0.4, -0.2) is 34.3 Å². The van der Waals surface area contributed by atoms with Crippen LogP contribution in [-0.2, 0) is 23.9 Å². The van der Waals surface area contributed by atoms with Gasteiger partial charge >= 0.3 is 0 Å². The van der Waals surface area contributed by atoms with Gasteiger partial charge in [0.05, 0.1) is 0 Å². The largest absolute Gasteiger partial charge is 0.352 e. The minimum atomic E-state index is -0.944. The van der Waals surface area contributed by atoms with Crippen LogP contribution in [0.2, 0.25) is 0 Å². The molecule has 6 fully saturated rings. The normalized spacial score (nSPS) is 51.8. The number of allylic oxidation sites excluding steroid dienone is 2. The summed E-state index contributed by atoms with van der Waals surface area (Å²) in [5.74, 6) is 3.76. The van der Waals surface area contributed by atoms with E-state index in [2.05, 4.69) is 27.7 Å². The van der Waals surface area contributed by atoms with Gasteiger partial charge in [0.2, 0.25) is 0 Å². The molecule has 0 saturated heterocycles. The maximum atomic E-state index is 14.3. The van der Waals surface area contributed by atoms with Gasteiger partial charge in [-0.2, -0.15) is 0 Å². The number of Topliss-reactive ketones (excluding diaryl/α,β-unsaturated/α-hetero) is 2. The smallest absolute Gasteiger partial charge is 0.162 e. The monoisotopic (exact) mass is 642 g/mol. The first-order valence-electron chi connectivity index (χ1n) is 19.4. The topological polar surface area (TPSA) is 77.5 Å². The molecule has 0 aromatic rings. The average molecular weight is 643 g/mol. The van der Waals surface area contributed by atoms with E-state index >= 15 is 0 Å². The van der Waals surface area contributed by atoms with Crippen molar-refractivity contribution < 1.29 is 23.9 Å². The molecule has 6 unspecified atom stereocenters. The number of hydrogen-bond donors (Lipinski definition) is 0. The van der Waals surface area contributed by atoms with Crippen molar-refractivity contribution >= 4 is 23.1 Å². The summed E-state index contributed by atoms with van der Waals surface area (Å²) in [5, 5.41) is 0. The van der Waals surface area contributed by atoms with Crippen molar-refractivity contribution in [3.05, 3.63) is 23.3 Å². The molecular formula is C42H58O5. The van der Waals surface area contributed by atoms with E-state index in [1.165, 1.54) is 11.1 Å². The van der Waals surface area contributed by atoms with Crippen molar-refractivity contribution in [1.29, 1.82) is 0 Å². The molecule has 0 bridgehead atoms. The Morgan fingerprint density at radius 2 is 0.936 bits per heavy atom. The Labute approximate surface area is 282 Å². The number of carbonyl (C=O) groups is 4. The molecule has 47 heavy (non-hydrogen) atoms. The molecule has 8 aliphatic carbocycles. The van der Waals surface area contributed by atoms with Crippen molar-refractivity contribution in [2.24, 2.45) is 57.2 Å². The molecule has 8 rings (SSSR count). The highest BCUT2D eigenvalue weighted by molar-refractivity contribution is 5.92. The van der Waals surface area contributed by atoms with Crippen molar-refractivity contribution in [2.45, 2.75) is 155 Å². The van der Waals surface area contributed by atoms with Gasteiger partial charge in [0.25, 0.3) is 0 Å². The fraction of sp³-hybridized carbons (Fsp3) is 0.810. The van der Waals surface area contributed by atoms with Crippen molar-refractivity contribution in [3.63, 3.8) is 0 Å². The zero-order valence-electron chi connectivity index (χ0n) is 30.0. The molecule has 0 aromatic carbocycles. The fourth-order valence-electron chi connectivity index (χ4n) is 15.0. The summed E-state index contributed by atoms with van der Waals surface area (Å²) in [4.78, 5) is 53.3. The quantitative estimate of drug-likeness (QED) is 0.307. The van der Waals surface area contributed by atoms with Crippen LogP contribution in [0.4, 0.5) is 0 Å². The Balaban J connectivity index is 1.13. The summed E-state index contributed by atoms with van der Waals surface area (Å²) in [7, 11) is 0. The van der Waals surface area contributed by atoms with Crippen LogP contribution < -0.4 is 0 Å². The Bertz CT molecular complexity index is 1390. The summed E-state index contributed by atoms with van der Waals surface area (Å²) in [6, 6.07) is 0. The third-order valence-corrected chi connectivity index (χ3v) is 17.6. The predicted molar refractivity (Wildman–Crippen MR) is 181 cm³/mol. The number of carbonyl (C=O) groups excluding carboxylic acids is 4. The summed E-state index contributed by atoms with van der Waals surface area (Å²) >= 11 is 0. The molecule has 0 aromatic heterocycles. The fourth-order valence-corrected chi connectivity index (χ4v) is 15.0. The van der Waals surface area contributed by atoms with E-state index in [-0.39, 0.29) is 33.2 Å². The lowest BCUT2D eigenvalue weighted by molar-refractivity contribution is -0.243. The third-order valence-electron chi connectivity index (χ3n) is 17.6. The van der Waals surface area contributed by atoms with E-state index in [0.29, 0.717) is 72.8 Å². The molecule has 5 heteroatoms. The van der Waals surface area contributed by atoms with Crippen LogP contribution in [0.15, 0.2) is 23.3 Å². The van der Waals surface area contributed by atoms with E-state index in [9.17, 15) is 19.2 Å². The number of fused-ring (bicyclic) bond motifs is 10. The number of rotatable bonds is 4. The van der Waals surface area contributed by atoms with Gasteiger partial charge in [-0.15, -0.1) is 0 Å².